The molecule has 0 radical (unpaired) electrons. The molecule has 6 heteroatoms. The zero-order valence-corrected chi connectivity index (χ0v) is 14.5. The van der Waals surface area contributed by atoms with E-state index < -0.39 is 4.92 Å². The average Bonchev–Trinajstić information content (AvgIpc) is 2.58. The summed E-state index contributed by atoms with van der Waals surface area (Å²) in [7, 11) is 0. The number of aryl methyl sites for hydroxylation is 1. The number of hydrogen-bond acceptors (Lipinski definition) is 5. The molecule has 0 unspecified atom stereocenters. The maximum absolute atomic E-state index is 11.1. The van der Waals surface area contributed by atoms with Crippen molar-refractivity contribution in [3.63, 3.8) is 0 Å². The molecule has 0 fully saturated rings. The third-order valence-corrected chi connectivity index (χ3v) is 3.72. The Morgan fingerprint density at radius 1 is 1.08 bits per heavy atom. The van der Waals surface area contributed by atoms with Crippen LogP contribution in [0.2, 0.25) is 0 Å². The highest BCUT2D eigenvalue weighted by atomic mass is 16.6. The Hall–Kier alpha value is -2.89. The molecule has 0 atom stereocenters. The summed E-state index contributed by atoms with van der Waals surface area (Å²) in [4.78, 5) is 21.3. The van der Waals surface area contributed by atoms with E-state index >= 15 is 0 Å². The van der Waals surface area contributed by atoms with Gasteiger partial charge in [-0.1, -0.05) is 26.0 Å². The van der Waals surface area contributed by atoms with Crippen molar-refractivity contribution in [2.45, 2.75) is 26.7 Å². The van der Waals surface area contributed by atoms with Crippen LogP contribution in [0.1, 0.15) is 41.3 Å². The van der Waals surface area contributed by atoms with Crippen LogP contribution in [-0.4, -0.2) is 24.4 Å². The summed E-state index contributed by atoms with van der Waals surface area (Å²) in [5.41, 5.74) is 2.23. The molecule has 0 saturated carbocycles. The fraction of sp³-hybridized carbons (Fsp3) is 0.316. The SMILES string of the molecule is Cc1ccc(C(C)C)c(OCCOc2ccc([N+](=O)[O-])cc2C=O)c1. The topological polar surface area (TPSA) is 78.7 Å². The first-order chi connectivity index (χ1) is 11.9. The second-order valence-corrected chi connectivity index (χ2v) is 5.99. The van der Waals surface area contributed by atoms with Gasteiger partial charge in [-0.15, -0.1) is 0 Å². The summed E-state index contributed by atoms with van der Waals surface area (Å²) in [5, 5.41) is 10.7. The molecule has 25 heavy (non-hydrogen) atoms. The van der Waals surface area contributed by atoms with Crippen molar-refractivity contribution in [3.8, 4) is 11.5 Å². The third kappa shape index (κ3) is 4.79. The Morgan fingerprint density at radius 3 is 2.36 bits per heavy atom. The lowest BCUT2D eigenvalue weighted by molar-refractivity contribution is -0.384. The smallest absolute Gasteiger partial charge is 0.270 e. The summed E-state index contributed by atoms with van der Waals surface area (Å²) in [6.07, 6.45) is 0.542. The quantitative estimate of drug-likeness (QED) is 0.309. The predicted molar refractivity (Wildman–Crippen MR) is 94.7 cm³/mol. The first kappa shape index (κ1) is 18.4. The maximum atomic E-state index is 11.1. The molecule has 0 spiro atoms. The minimum absolute atomic E-state index is 0.146. The number of ether oxygens (including phenoxy) is 2. The van der Waals surface area contributed by atoms with E-state index in [2.05, 4.69) is 19.9 Å². The first-order valence-electron chi connectivity index (χ1n) is 8.02. The molecule has 2 rings (SSSR count). The Bertz CT molecular complexity index is 770. The first-order valence-corrected chi connectivity index (χ1v) is 8.02. The largest absolute Gasteiger partial charge is 0.490 e. The van der Waals surface area contributed by atoms with Gasteiger partial charge in [0.05, 0.1) is 10.5 Å². The maximum Gasteiger partial charge on any atom is 0.270 e. The predicted octanol–water partition coefficient (Wildman–Crippen LogP) is 4.30. The number of nitro benzene ring substituents is 1. The van der Waals surface area contributed by atoms with Gasteiger partial charge in [0.1, 0.15) is 24.7 Å². The standard InChI is InChI=1S/C19H21NO5/c1-13(2)17-6-4-14(3)10-19(17)25-9-8-24-18-7-5-16(20(22)23)11-15(18)12-21/h4-7,10-13H,8-9H2,1-3H3. The van der Waals surface area contributed by atoms with Crippen LogP contribution >= 0.6 is 0 Å². The number of nitrogens with zero attached hydrogens (tertiary/aromatic N) is 1. The van der Waals surface area contributed by atoms with Crippen LogP contribution in [0.25, 0.3) is 0 Å². The van der Waals surface area contributed by atoms with E-state index in [1.165, 1.54) is 18.2 Å². The molecule has 6 nitrogen and oxygen atoms in total. The lowest BCUT2D eigenvalue weighted by Crippen LogP contribution is -2.11. The summed E-state index contributed by atoms with van der Waals surface area (Å²) in [5.74, 6) is 1.46. The van der Waals surface area contributed by atoms with Gasteiger partial charge in [-0.05, 0) is 36.1 Å². The van der Waals surface area contributed by atoms with Crippen molar-refractivity contribution >= 4 is 12.0 Å². The number of nitro groups is 1. The zero-order valence-electron chi connectivity index (χ0n) is 14.5. The van der Waals surface area contributed by atoms with Gasteiger partial charge in [-0.2, -0.15) is 0 Å². The van der Waals surface area contributed by atoms with Crippen LogP contribution in [-0.2, 0) is 0 Å². The number of hydrogen-bond donors (Lipinski definition) is 0. The van der Waals surface area contributed by atoms with E-state index in [4.69, 9.17) is 9.47 Å². The molecule has 2 aromatic carbocycles. The fourth-order valence-electron chi connectivity index (χ4n) is 2.42. The van der Waals surface area contributed by atoms with Crippen LogP contribution < -0.4 is 9.47 Å². The number of non-ortho nitro benzene ring substituents is 1. The molecule has 0 amide bonds. The van der Waals surface area contributed by atoms with Crippen LogP contribution in [0.5, 0.6) is 11.5 Å². The summed E-state index contributed by atoms with van der Waals surface area (Å²) in [6.45, 7) is 6.73. The molecular weight excluding hydrogens is 322 g/mol. The highest BCUT2D eigenvalue weighted by Gasteiger charge is 2.12. The zero-order chi connectivity index (χ0) is 18.4. The molecule has 0 aliphatic carbocycles. The van der Waals surface area contributed by atoms with Gasteiger partial charge in [-0.25, -0.2) is 0 Å². The normalized spacial score (nSPS) is 10.6. The van der Waals surface area contributed by atoms with E-state index in [1.807, 2.05) is 19.1 Å². The van der Waals surface area contributed by atoms with E-state index in [1.54, 1.807) is 0 Å². The Kier molecular flexibility index (Phi) is 6.11. The highest BCUT2D eigenvalue weighted by Crippen LogP contribution is 2.27. The lowest BCUT2D eigenvalue weighted by atomic mass is 10.0. The number of carbonyl (C=O) groups excluding carboxylic acids is 1. The summed E-state index contributed by atoms with van der Waals surface area (Å²) >= 11 is 0. The van der Waals surface area contributed by atoms with Crippen LogP contribution in [0.15, 0.2) is 36.4 Å². The molecule has 0 bridgehead atoms. The fourth-order valence-corrected chi connectivity index (χ4v) is 2.42. The Balaban J connectivity index is 1.99. The molecule has 0 aliphatic heterocycles. The minimum Gasteiger partial charge on any atom is -0.490 e. The molecule has 0 aromatic heterocycles. The van der Waals surface area contributed by atoms with E-state index in [-0.39, 0.29) is 17.9 Å². The van der Waals surface area contributed by atoms with E-state index in [9.17, 15) is 14.9 Å². The van der Waals surface area contributed by atoms with Crippen LogP contribution in [0.3, 0.4) is 0 Å². The lowest BCUT2D eigenvalue weighted by Gasteiger charge is -2.15. The van der Waals surface area contributed by atoms with Crippen LogP contribution in [0, 0.1) is 17.0 Å². The Labute approximate surface area is 146 Å². The van der Waals surface area contributed by atoms with Gasteiger partial charge in [0, 0.05) is 12.1 Å². The molecule has 0 N–H and O–H groups in total. The van der Waals surface area contributed by atoms with Gasteiger partial charge in [0.25, 0.3) is 5.69 Å². The van der Waals surface area contributed by atoms with Gasteiger partial charge < -0.3 is 9.47 Å². The second-order valence-electron chi connectivity index (χ2n) is 5.99. The highest BCUT2D eigenvalue weighted by molar-refractivity contribution is 5.80. The molecule has 2 aromatic rings. The molecule has 0 heterocycles. The number of benzene rings is 2. The van der Waals surface area contributed by atoms with Crippen LogP contribution in [0.4, 0.5) is 5.69 Å². The van der Waals surface area contributed by atoms with Crippen molar-refractivity contribution in [1.82, 2.24) is 0 Å². The van der Waals surface area contributed by atoms with Crippen molar-refractivity contribution < 1.29 is 19.2 Å². The molecule has 0 aliphatic rings. The van der Waals surface area contributed by atoms with Crippen molar-refractivity contribution in [1.29, 1.82) is 0 Å². The number of carbonyl (C=O) groups is 1. The second kappa shape index (κ2) is 8.28. The van der Waals surface area contributed by atoms with Gasteiger partial charge >= 0.3 is 0 Å². The summed E-state index contributed by atoms with van der Waals surface area (Å²) < 4.78 is 11.4. The molecular formula is C19H21NO5. The number of aldehydes is 1. The van der Waals surface area contributed by atoms with Crippen molar-refractivity contribution in [3.05, 3.63) is 63.2 Å². The van der Waals surface area contributed by atoms with Gasteiger partial charge in [-0.3, -0.25) is 14.9 Å². The monoisotopic (exact) mass is 343 g/mol. The molecule has 132 valence electrons. The van der Waals surface area contributed by atoms with Gasteiger partial charge in [0.2, 0.25) is 0 Å². The number of rotatable bonds is 8. The van der Waals surface area contributed by atoms with E-state index in [0.29, 0.717) is 24.6 Å². The van der Waals surface area contributed by atoms with Gasteiger partial charge in [0.15, 0.2) is 6.29 Å². The minimum atomic E-state index is -0.551. The Morgan fingerprint density at radius 2 is 1.76 bits per heavy atom. The van der Waals surface area contributed by atoms with Crippen molar-refractivity contribution in [2.75, 3.05) is 13.2 Å². The summed E-state index contributed by atoms with van der Waals surface area (Å²) in [6, 6.07) is 10.0. The molecule has 0 saturated heterocycles. The average molecular weight is 343 g/mol. The van der Waals surface area contributed by atoms with E-state index in [0.717, 1.165) is 16.9 Å². The third-order valence-electron chi connectivity index (χ3n) is 3.72. The van der Waals surface area contributed by atoms with Crippen molar-refractivity contribution in [2.24, 2.45) is 0 Å².